The predicted molar refractivity (Wildman–Crippen MR) is 170 cm³/mol. The molecular formula is C35H54O6Si. The average molecular weight is 599 g/mol. The average Bonchev–Trinajstić information content (AvgIpc) is 3.29. The lowest BCUT2D eigenvalue weighted by Crippen LogP contribution is -2.45. The molecule has 0 aromatic heterocycles. The number of terminal acetylenes is 1. The summed E-state index contributed by atoms with van der Waals surface area (Å²) in [5.74, 6) is 4.88. The molecule has 2 saturated heterocycles. The van der Waals surface area contributed by atoms with Crippen LogP contribution in [-0.4, -0.2) is 52.9 Å². The van der Waals surface area contributed by atoms with Crippen molar-refractivity contribution >= 4 is 8.32 Å². The molecule has 0 amide bonds. The van der Waals surface area contributed by atoms with Crippen molar-refractivity contribution < 1.29 is 28.1 Å². The van der Waals surface area contributed by atoms with Crippen molar-refractivity contribution in [1.82, 2.24) is 0 Å². The molecule has 0 bridgehead atoms. The van der Waals surface area contributed by atoms with Crippen LogP contribution >= 0.6 is 0 Å². The highest BCUT2D eigenvalue weighted by molar-refractivity contribution is 6.74. The normalized spacial score (nSPS) is 29.2. The second-order valence-electron chi connectivity index (χ2n) is 13.5. The van der Waals surface area contributed by atoms with E-state index in [1.807, 2.05) is 30.3 Å². The minimum atomic E-state index is -2.05. The Morgan fingerprint density at radius 3 is 2.31 bits per heavy atom. The molecular weight excluding hydrogens is 544 g/mol. The van der Waals surface area contributed by atoms with Crippen LogP contribution in [0.25, 0.3) is 0 Å². The van der Waals surface area contributed by atoms with Crippen LogP contribution in [-0.2, 0) is 23.4 Å². The molecule has 1 saturated carbocycles. The highest BCUT2D eigenvalue weighted by Gasteiger charge is 2.51. The van der Waals surface area contributed by atoms with Crippen molar-refractivity contribution in [3.05, 3.63) is 42.2 Å². The number of benzene rings is 1. The fraction of sp³-hybridized carbons (Fsp3) is 0.714. The van der Waals surface area contributed by atoms with Crippen LogP contribution in [0, 0.1) is 24.2 Å². The van der Waals surface area contributed by atoms with E-state index in [2.05, 4.69) is 45.9 Å². The Balaban J connectivity index is 1.63. The molecule has 2 aliphatic heterocycles. The Kier molecular flexibility index (Phi) is 12.4. The topological polar surface area (TPSA) is 55.4 Å². The van der Waals surface area contributed by atoms with Gasteiger partial charge < -0.3 is 28.1 Å². The van der Waals surface area contributed by atoms with E-state index >= 15 is 0 Å². The summed E-state index contributed by atoms with van der Waals surface area (Å²) in [6.45, 7) is 13.6. The van der Waals surface area contributed by atoms with Crippen molar-refractivity contribution in [3.8, 4) is 18.1 Å². The number of hydrogen-bond donors (Lipinski definition) is 0. The van der Waals surface area contributed by atoms with Crippen molar-refractivity contribution in [3.63, 3.8) is 0 Å². The SMILES string of the molecule is C#CCC[C@H]1[C@H](/C(=C\CCOc2ccccc2)OC2CCCCO2)[C@@H](OC2CCCCO2)C[C@H]1O[Si](C)(C)C(C)(C)C. The van der Waals surface area contributed by atoms with Gasteiger partial charge in [0.15, 0.2) is 20.9 Å². The summed E-state index contributed by atoms with van der Waals surface area (Å²) in [7, 11) is -2.05. The van der Waals surface area contributed by atoms with E-state index in [0.717, 1.165) is 82.5 Å². The summed E-state index contributed by atoms with van der Waals surface area (Å²) in [6.07, 6.45) is 16.8. The summed E-state index contributed by atoms with van der Waals surface area (Å²) in [4.78, 5) is 0. The van der Waals surface area contributed by atoms with Crippen LogP contribution < -0.4 is 4.74 Å². The molecule has 7 heteroatoms. The van der Waals surface area contributed by atoms with Gasteiger partial charge in [-0.2, -0.15) is 0 Å². The number of ether oxygens (including phenoxy) is 5. The summed E-state index contributed by atoms with van der Waals surface area (Å²) in [5.41, 5.74) is 0. The first-order valence-electron chi connectivity index (χ1n) is 16.2. The molecule has 42 heavy (non-hydrogen) atoms. The number of rotatable bonds is 13. The van der Waals surface area contributed by atoms with E-state index in [9.17, 15) is 0 Å². The van der Waals surface area contributed by atoms with Gasteiger partial charge in [-0.3, -0.25) is 0 Å². The van der Waals surface area contributed by atoms with E-state index in [0.29, 0.717) is 13.0 Å². The zero-order chi connectivity index (χ0) is 30.0. The quantitative estimate of drug-likeness (QED) is 0.0987. The summed E-state index contributed by atoms with van der Waals surface area (Å²) in [5, 5.41) is 0.102. The zero-order valence-electron chi connectivity index (χ0n) is 26.6. The molecule has 2 heterocycles. The Labute approximate surface area is 255 Å². The molecule has 3 fully saturated rings. The first kappa shape index (κ1) is 33.1. The number of para-hydroxylation sites is 1. The van der Waals surface area contributed by atoms with Crippen LogP contribution in [0.3, 0.4) is 0 Å². The van der Waals surface area contributed by atoms with Gasteiger partial charge in [-0.1, -0.05) is 39.0 Å². The standard InChI is InChI=1S/C35H54O6Si/c1-7-8-19-28-30(41-42(5,6)35(2,3)4)26-31(40-33-22-13-15-24-38-33)34(28)29(39-32-21-12-14-23-37-32)20-16-25-36-27-17-10-9-11-18-27/h1,9-11,17-18,20,28,30-34H,8,12-16,19,21-26H2,2-6H3/b29-20+/t28-,30-,31+,32?,33?,34-/m1/s1. The molecule has 234 valence electrons. The Morgan fingerprint density at radius 1 is 1.00 bits per heavy atom. The van der Waals surface area contributed by atoms with Gasteiger partial charge in [0.1, 0.15) is 11.5 Å². The van der Waals surface area contributed by atoms with Crippen LogP contribution in [0.1, 0.15) is 85.0 Å². The summed E-state index contributed by atoms with van der Waals surface area (Å²) >= 11 is 0. The fourth-order valence-corrected chi connectivity index (χ4v) is 7.41. The molecule has 0 spiro atoms. The van der Waals surface area contributed by atoms with Crippen LogP contribution in [0.2, 0.25) is 18.1 Å². The molecule has 1 aromatic carbocycles. The largest absolute Gasteiger partial charge is 0.493 e. The second kappa shape index (κ2) is 15.8. The molecule has 0 N–H and O–H groups in total. The molecule has 1 aromatic rings. The predicted octanol–water partition coefficient (Wildman–Crippen LogP) is 8.23. The second-order valence-corrected chi connectivity index (χ2v) is 18.3. The van der Waals surface area contributed by atoms with Gasteiger partial charge in [-0.05, 0) is 87.2 Å². The van der Waals surface area contributed by atoms with Gasteiger partial charge in [0.25, 0.3) is 0 Å². The maximum atomic E-state index is 7.16. The first-order valence-corrected chi connectivity index (χ1v) is 19.1. The third-order valence-corrected chi connectivity index (χ3v) is 13.9. The van der Waals surface area contributed by atoms with E-state index in [4.69, 9.17) is 34.5 Å². The van der Waals surface area contributed by atoms with Gasteiger partial charge in [-0.25, -0.2) is 0 Å². The summed E-state index contributed by atoms with van der Waals surface area (Å²) < 4.78 is 39.0. The van der Waals surface area contributed by atoms with Crippen molar-refractivity contribution in [1.29, 1.82) is 0 Å². The fourth-order valence-electron chi connectivity index (χ4n) is 6.02. The van der Waals surface area contributed by atoms with E-state index < -0.39 is 8.32 Å². The highest BCUT2D eigenvalue weighted by atomic mass is 28.4. The summed E-state index contributed by atoms with van der Waals surface area (Å²) in [6, 6.07) is 9.96. The van der Waals surface area contributed by atoms with Crippen LogP contribution in [0.5, 0.6) is 5.75 Å². The Hall–Kier alpha value is -1.82. The Bertz CT molecular complexity index is 1000. The van der Waals surface area contributed by atoms with E-state index in [1.165, 1.54) is 0 Å². The van der Waals surface area contributed by atoms with Gasteiger partial charge >= 0.3 is 0 Å². The van der Waals surface area contributed by atoms with E-state index in [-0.39, 0.29) is 41.7 Å². The lowest BCUT2D eigenvalue weighted by molar-refractivity contribution is -0.201. The van der Waals surface area contributed by atoms with Gasteiger partial charge in [-0.15, -0.1) is 12.3 Å². The number of hydrogen-bond acceptors (Lipinski definition) is 6. The van der Waals surface area contributed by atoms with Crippen molar-refractivity contribution in [2.45, 2.75) is 128 Å². The van der Waals surface area contributed by atoms with Crippen molar-refractivity contribution in [2.75, 3.05) is 19.8 Å². The van der Waals surface area contributed by atoms with Gasteiger partial charge in [0.2, 0.25) is 0 Å². The van der Waals surface area contributed by atoms with Gasteiger partial charge in [0, 0.05) is 31.8 Å². The lowest BCUT2D eigenvalue weighted by Gasteiger charge is -2.40. The first-order chi connectivity index (χ1) is 20.2. The van der Waals surface area contributed by atoms with Crippen molar-refractivity contribution in [2.24, 2.45) is 11.8 Å². The minimum Gasteiger partial charge on any atom is -0.493 e. The lowest BCUT2D eigenvalue weighted by atomic mass is 9.87. The minimum absolute atomic E-state index is 0.000830. The smallest absolute Gasteiger partial charge is 0.199 e. The molecule has 4 rings (SSSR count). The molecule has 6 nitrogen and oxygen atoms in total. The molecule has 0 radical (unpaired) electrons. The monoisotopic (exact) mass is 598 g/mol. The maximum absolute atomic E-state index is 7.16. The zero-order valence-corrected chi connectivity index (χ0v) is 27.6. The molecule has 3 aliphatic rings. The van der Waals surface area contributed by atoms with E-state index in [1.54, 1.807) is 0 Å². The van der Waals surface area contributed by atoms with Crippen LogP contribution in [0.15, 0.2) is 42.2 Å². The third-order valence-electron chi connectivity index (χ3n) is 9.35. The Morgan fingerprint density at radius 2 is 1.69 bits per heavy atom. The third kappa shape index (κ3) is 9.34. The van der Waals surface area contributed by atoms with Gasteiger partial charge in [0.05, 0.1) is 25.4 Å². The molecule has 1 aliphatic carbocycles. The highest BCUT2D eigenvalue weighted by Crippen LogP contribution is 2.48. The molecule has 6 atom stereocenters. The van der Waals surface area contributed by atoms with Crippen LogP contribution in [0.4, 0.5) is 0 Å². The molecule has 2 unspecified atom stereocenters. The maximum Gasteiger partial charge on any atom is 0.199 e.